The molecule has 0 aliphatic carbocycles. The minimum Gasteiger partial charge on any atom is -0.462 e. The summed E-state index contributed by atoms with van der Waals surface area (Å²) in [4.78, 5) is 34.9. The first-order chi connectivity index (χ1) is 25.8. The van der Waals surface area contributed by atoms with Gasteiger partial charge in [-0.3, -0.25) is 18.6 Å². The van der Waals surface area contributed by atoms with Crippen LogP contribution in [0.5, 0.6) is 0 Å². The highest BCUT2D eigenvalue weighted by molar-refractivity contribution is 7.47. The Labute approximate surface area is 325 Å². The van der Waals surface area contributed by atoms with Crippen LogP contribution >= 0.6 is 7.82 Å². The summed E-state index contributed by atoms with van der Waals surface area (Å²) in [6.07, 6.45) is 42.0. The molecule has 0 aliphatic heterocycles. The quantitative estimate of drug-likeness (QED) is 0.0269. The minimum absolute atomic E-state index is 0.0536. The predicted molar refractivity (Wildman–Crippen MR) is 220 cm³/mol. The summed E-state index contributed by atoms with van der Waals surface area (Å²) in [6, 6.07) is 0. The summed E-state index contributed by atoms with van der Waals surface area (Å²) < 4.78 is 32.8. The molecule has 0 amide bonds. The first-order valence-electron chi connectivity index (χ1n) is 21.8. The number of esters is 2. The van der Waals surface area contributed by atoms with Gasteiger partial charge in [0.2, 0.25) is 0 Å². The minimum atomic E-state index is -4.37. The molecule has 3 N–H and O–H groups in total. The first-order valence-corrected chi connectivity index (χ1v) is 23.3. The molecule has 0 saturated heterocycles. The molecule has 0 heterocycles. The van der Waals surface area contributed by atoms with Crippen molar-refractivity contribution in [2.75, 3.05) is 26.4 Å². The Morgan fingerprint density at radius 2 is 0.943 bits per heavy atom. The van der Waals surface area contributed by atoms with Gasteiger partial charge in [0.05, 0.1) is 13.2 Å². The van der Waals surface area contributed by atoms with Gasteiger partial charge in [0.1, 0.15) is 6.61 Å². The lowest BCUT2D eigenvalue weighted by Gasteiger charge is -2.19. The third-order valence-electron chi connectivity index (χ3n) is 9.31. The van der Waals surface area contributed by atoms with E-state index in [9.17, 15) is 19.0 Å². The Bertz CT molecular complexity index is 928. The second kappa shape index (κ2) is 40.2. The van der Waals surface area contributed by atoms with Gasteiger partial charge in [-0.1, -0.05) is 160 Å². The molecule has 0 aliphatic rings. The number of unbranched alkanes of at least 4 members (excludes halogenated alkanes) is 24. The van der Waals surface area contributed by atoms with Crippen molar-refractivity contribution in [2.24, 2.45) is 5.73 Å². The fraction of sp³-hybridized carbons (Fsp3) is 0.860. The van der Waals surface area contributed by atoms with E-state index in [1.807, 2.05) is 0 Å². The van der Waals surface area contributed by atoms with E-state index in [4.69, 9.17) is 24.3 Å². The first kappa shape index (κ1) is 51.5. The fourth-order valence-electron chi connectivity index (χ4n) is 6.02. The molecule has 0 spiro atoms. The number of carbonyl (C=O) groups is 2. The SMILES string of the molecule is CCCC/C=C/CCCCCCCCCCCC(=O)O[C@H](COC(=O)CCCCCCCCC/C=C/CCCCCCCC)COP(=O)(O)OCCN. The summed E-state index contributed by atoms with van der Waals surface area (Å²) in [7, 11) is -4.37. The van der Waals surface area contributed by atoms with Crippen molar-refractivity contribution in [3.63, 3.8) is 0 Å². The number of phosphoric acid groups is 1. The van der Waals surface area contributed by atoms with E-state index in [1.54, 1.807) is 0 Å². The Hall–Kier alpha value is -1.51. The van der Waals surface area contributed by atoms with Crippen LogP contribution in [0.4, 0.5) is 0 Å². The van der Waals surface area contributed by atoms with Crippen LogP contribution < -0.4 is 5.73 Å². The molecule has 0 aromatic rings. The maximum atomic E-state index is 12.6. The number of nitrogens with two attached hydrogens (primary N) is 1. The van der Waals surface area contributed by atoms with Crippen LogP contribution in [0.25, 0.3) is 0 Å². The van der Waals surface area contributed by atoms with Gasteiger partial charge in [0.25, 0.3) is 0 Å². The molecule has 0 bridgehead atoms. The molecule has 53 heavy (non-hydrogen) atoms. The van der Waals surface area contributed by atoms with Crippen molar-refractivity contribution in [2.45, 2.75) is 213 Å². The highest BCUT2D eigenvalue weighted by atomic mass is 31.2. The Balaban J connectivity index is 4.13. The van der Waals surface area contributed by atoms with E-state index in [1.165, 1.54) is 122 Å². The highest BCUT2D eigenvalue weighted by Crippen LogP contribution is 2.43. The second-order valence-electron chi connectivity index (χ2n) is 14.6. The Morgan fingerprint density at radius 3 is 1.40 bits per heavy atom. The average molecular weight is 772 g/mol. The van der Waals surface area contributed by atoms with Crippen molar-refractivity contribution >= 4 is 19.8 Å². The van der Waals surface area contributed by atoms with Gasteiger partial charge in [0.15, 0.2) is 6.10 Å². The maximum absolute atomic E-state index is 12.6. The topological polar surface area (TPSA) is 134 Å². The molecule has 0 rings (SSSR count). The zero-order valence-electron chi connectivity index (χ0n) is 34.3. The lowest BCUT2D eigenvalue weighted by Crippen LogP contribution is -2.29. The zero-order valence-corrected chi connectivity index (χ0v) is 35.2. The molecular weight excluding hydrogens is 689 g/mol. The Kier molecular flexibility index (Phi) is 39.0. The number of hydrogen-bond acceptors (Lipinski definition) is 8. The van der Waals surface area contributed by atoms with Gasteiger partial charge >= 0.3 is 19.8 Å². The van der Waals surface area contributed by atoms with Crippen LogP contribution in [0.15, 0.2) is 24.3 Å². The summed E-state index contributed by atoms with van der Waals surface area (Å²) in [5, 5.41) is 0. The van der Waals surface area contributed by atoms with Crippen LogP contribution in [0, 0.1) is 0 Å². The zero-order chi connectivity index (χ0) is 38.9. The molecule has 1 unspecified atom stereocenters. The van der Waals surface area contributed by atoms with Crippen molar-refractivity contribution < 1.29 is 37.6 Å². The average Bonchev–Trinajstić information content (AvgIpc) is 3.14. The molecule has 0 saturated carbocycles. The van der Waals surface area contributed by atoms with E-state index >= 15 is 0 Å². The van der Waals surface area contributed by atoms with Gasteiger partial charge in [-0.25, -0.2) is 4.57 Å². The third-order valence-corrected chi connectivity index (χ3v) is 10.3. The number of carbonyl (C=O) groups excluding carboxylic acids is 2. The van der Waals surface area contributed by atoms with Crippen molar-refractivity contribution in [3.8, 4) is 0 Å². The van der Waals surface area contributed by atoms with Gasteiger partial charge in [-0.15, -0.1) is 0 Å². The molecule has 0 aromatic heterocycles. The summed E-state index contributed by atoms with van der Waals surface area (Å²) in [5.41, 5.74) is 5.35. The lowest BCUT2D eigenvalue weighted by molar-refractivity contribution is -0.161. The predicted octanol–water partition coefficient (Wildman–Crippen LogP) is 12.4. The highest BCUT2D eigenvalue weighted by Gasteiger charge is 2.26. The number of ether oxygens (including phenoxy) is 2. The molecule has 9 nitrogen and oxygen atoms in total. The van der Waals surface area contributed by atoms with Crippen molar-refractivity contribution in [3.05, 3.63) is 24.3 Å². The molecule has 2 atom stereocenters. The maximum Gasteiger partial charge on any atom is 0.472 e. The summed E-state index contributed by atoms with van der Waals surface area (Å²) in [6.45, 7) is 3.71. The van der Waals surface area contributed by atoms with Gasteiger partial charge in [0, 0.05) is 19.4 Å². The lowest BCUT2D eigenvalue weighted by atomic mass is 10.1. The number of allylic oxidation sites excluding steroid dienone is 4. The number of phosphoric ester groups is 1. The molecule has 312 valence electrons. The molecule has 0 fully saturated rings. The summed E-state index contributed by atoms with van der Waals surface area (Å²) >= 11 is 0. The van der Waals surface area contributed by atoms with Gasteiger partial charge in [-0.05, 0) is 57.8 Å². The number of hydrogen-bond donors (Lipinski definition) is 2. The van der Waals surface area contributed by atoms with E-state index in [-0.39, 0.29) is 38.6 Å². The van der Waals surface area contributed by atoms with E-state index in [0.717, 1.165) is 51.4 Å². The largest absolute Gasteiger partial charge is 0.472 e. The van der Waals surface area contributed by atoms with Crippen molar-refractivity contribution in [1.29, 1.82) is 0 Å². The third kappa shape index (κ3) is 40.0. The number of rotatable bonds is 41. The second-order valence-corrected chi connectivity index (χ2v) is 16.0. The van der Waals surface area contributed by atoms with E-state index in [0.29, 0.717) is 6.42 Å². The molecule has 0 aromatic carbocycles. The standard InChI is InChI=1S/C43H82NO8P/c1-3-5-7-9-11-13-15-17-19-20-22-23-25-27-29-31-33-35-42(45)49-39-41(40-51-53(47,48)50-38-37-44)52-43(46)36-34-32-30-28-26-24-21-18-16-14-12-10-8-6-4-2/h10,12,17,19,41H,3-9,11,13-16,18,20-40,44H2,1-2H3,(H,47,48)/b12-10+,19-17+/t41-/m1/s1. The normalized spacial score (nSPS) is 13.5. The van der Waals surface area contributed by atoms with E-state index < -0.39 is 26.5 Å². The summed E-state index contributed by atoms with van der Waals surface area (Å²) in [5.74, 6) is -0.831. The van der Waals surface area contributed by atoms with Gasteiger partial charge < -0.3 is 20.1 Å². The molecular formula is C43H82NO8P. The van der Waals surface area contributed by atoms with Gasteiger partial charge in [-0.2, -0.15) is 0 Å². The van der Waals surface area contributed by atoms with Crippen LogP contribution in [0.2, 0.25) is 0 Å². The van der Waals surface area contributed by atoms with Crippen LogP contribution in [0.3, 0.4) is 0 Å². The van der Waals surface area contributed by atoms with Crippen LogP contribution in [-0.2, 0) is 32.7 Å². The van der Waals surface area contributed by atoms with E-state index in [2.05, 4.69) is 38.2 Å². The monoisotopic (exact) mass is 772 g/mol. The smallest absolute Gasteiger partial charge is 0.462 e. The van der Waals surface area contributed by atoms with Crippen LogP contribution in [0.1, 0.15) is 206 Å². The Morgan fingerprint density at radius 1 is 0.547 bits per heavy atom. The van der Waals surface area contributed by atoms with Crippen LogP contribution in [-0.4, -0.2) is 49.3 Å². The molecule has 10 heteroatoms. The fourth-order valence-corrected chi connectivity index (χ4v) is 6.79. The van der Waals surface area contributed by atoms with Crippen molar-refractivity contribution in [1.82, 2.24) is 0 Å². The molecule has 0 radical (unpaired) electrons.